The Bertz CT molecular complexity index is 814. The molecule has 0 saturated heterocycles. The number of hydrogen-bond donors (Lipinski definition) is 1. The topological polar surface area (TPSA) is 108 Å². The van der Waals surface area contributed by atoms with Crippen molar-refractivity contribution < 1.29 is 42.1 Å². The quantitative estimate of drug-likeness (QED) is 0.0241. The molecular formula is C36H71NO8P+. The number of hydrogen-bond acceptors (Lipinski definition) is 7. The van der Waals surface area contributed by atoms with Gasteiger partial charge in [-0.05, 0) is 38.5 Å². The van der Waals surface area contributed by atoms with Crippen LogP contribution in [0.5, 0.6) is 0 Å². The first kappa shape index (κ1) is 44.8. The highest BCUT2D eigenvalue weighted by atomic mass is 31.2. The summed E-state index contributed by atoms with van der Waals surface area (Å²) in [4.78, 5) is 34.7. The molecule has 0 aliphatic rings. The van der Waals surface area contributed by atoms with Crippen LogP contribution in [0.3, 0.4) is 0 Å². The highest BCUT2D eigenvalue weighted by Gasteiger charge is 2.27. The summed E-state index contributed by atoms with van der Waals surface area (Å²) in [7, 11) is 1.47. The van der Waals surface area contributed by atoms with Gasteiger partial charge in [0.1, 0.15) is 19.8 Å². The molecule has 0 aromatic carbocycles. The van der Waals surface area contributed by atoms with Crippen LogP contribution < -0.4 is 0 Å². The van der Waals surface area contributed by atoms with Crippen molar-refractivity contribution in [2.75, 3.05) is 47.5 Å². The second-order valence-corrected chi connectivity index (χ2v) is 15.1. The molecule has 0 aliphatic carbocycles. The van der Waals surface area contributed by atoms with Crippen LogP contribution in [0.2, 0.25) is 0 Å². The number of unbranched alkanes of at least 4 members (excludes halogenated alkanes) is 17. The first-order chi connectivity index (χ1) is 22.0. The van der Waals surface area contributed by atoms with Crippen molar-refractivity contribution in [2.45, 2.75) is 161 Å². The van der Waals surface area contributed by atoms with Crippen molar-refractivity contribution in [3.63, 3.8) is 0 Å². The van der Waals surface area contributed by atoms with E-state index in [1.54, 1.807) is 0 Å². The fourth-order valence-corrected chi connectivity index (χ4v) is 5.57. The average Bonchev–Trinajstić information content (AvgIpc) is 2.99. The molecule has 0 heterocycles. The van der Waals surface area contributed by atoms with Gasteiger partial charge in [0, 0.05) is 12.8 Å². The summed E-state index contributed by atoms with van der Waals surface area (Å²) >= 11 is 0. The lowest BCUT2D eigenvalue weighted by Gasteiger charge is -2.24. The van der Waals surface area contributed by atoms with Crippen LogP contribution in [-0.2, 0) is 32.7 Å². The zero-order valence-corrected chi connectivity index (χ0v) is 31.2. The summed E-state index contributed by atoms with van der Waals surface area (Å²) in [6.07, 6.45) is 27.5. The Labute approximate surface area is 282 Å². The second-order valence-electron chi connectivity index (χ2n) is 13.6. The number of quaternary nitrogens is 1. The predicted molar refractivity (Wildman–Crippen MR) is 188 cm³/mol. The lowest BCUT2D eigenvalue weighted by molar-refractivity contribution is -0.870. The Morgan fingerprint density at radius 3 is 1.63 bits per heavy atom. The monoisotopic (exact) mass is 676 g/mol. The van der Waals surface area contributed by atoms with Crippen LogP contribution >= 0.6 is 7.82 Å². The zero-order valence-electron chi connectivity index (χ0n) is 30.3. The van der Waals surface area contributed by atoms with E-state index in [1.807, 2.05) is 21.1 Å². The fourth-order valence-electron chi connectivity index (χ4n) is 4.83. The van der Waals surface area contributed by atoms with E-state index in [4.69, 9.17) is 18.5 Å². The van der Waals surface area contributed by atoms with E-state index in [-0.39, 0.29) is 32.0 Å². The molecule has 0 rings (SSSR count). The maximum atomic E-state index is 12.5. The molecule has 0 saturated carbocycles. The van der Waals surface area contributed by atoms with Crippen LogP contribution in [0.15, 0.2) is 12.2 Å². The number of phosphoric ester groups is 1. The lowest BCUT2D eigenvalue weighted by atomic mass is 10.1. The van der Waals surface area contributed by atoms with Crippen molar-refractivity contribution >= 4 is 19.8 Å². The minimum absolute atomic E-state index is 0.0326. The maximum Gasteiger partial charge on any atom is 0.472 e. The highest BCUT2D eigenvalue weighted by Crippen LogP contribution is 2.43. The van der Waals surface area contributed by atoms with E-state index in [0.717, 1.165) is 51.4 Å². The Morgan fingerprint density at radius 2 is 1.11 bits per heavy atom. The molecule has 9 nitrogen and oxygen atoms in total. The van der Waals surface area contributed by atoms with Crippen molar-refractivity contribution in [1.29, 1.82) is 0 Å². The van der Waals surface area contributed by atoms with Gasteiger partial charge in [0.05, 0.1) is 27.7 Å². The molecule has 0 aliphatic heterocycles. The number of phosphoric acid groups is 1. The van der Waals surface area contributed by atoms with Gasteiger partial charge in [-0.1, -0.05) is 116 Å². The highest BCUT2D eigenvalue weighted by molar-refractivity contribution is 7.47. The molecule has 0 spiro atoms. The van der Waals surface area contributed by atoms with E-state index in [2.05, 4.69) is 26.0 Å². The molecule has 0 fully saturated rings. The average molecular weight is 677 g/mol. The first-order valence-corrected chi connectivity index (χ1v) is 19.9. The number of rotatable bonds is 33. The maximum absolute atomic E-state index is 12.5. The minimum Gasteiger partial charge on any atom is -0.462 e. The first-order valence-electron chi connectivity index (χ1n) is 18.4. The Hall–Kier alpha value is -1.25. The van der Waals surface area contributed by atoms with Crippen LogP contribution in [0.4, 0.5) is 0 Å². The van der Waals surface area contributed by atoms with Crippen LogP contribution in [0, 0.1) is 0 Å². The van der Waals surface area contributed by atoms with Gasteiger partial charge in [-0.2, -0.15) is 0 Å². The number of carbonyl (C=O) groups excluding carboxylic acids is 2. The van der Waals surface area contributed by atoms with E-state index in [0.29, 0.717) is 17.4 Å². The summed E-state index contributed by atoms with van der Waals surface area (Å²) < 4.78 is 33.9. The summed E-state index contributed by atoms with van der Waals surface area (Å²) in [6.45, 7) is 4.27. The summed E-state index contributed by atoms with van der Waals surface area (Å²) in [5.41, 5.74) is 0. The van der Waals surface area contributed by atoms with Gasteiger partial charge in [0.25, 0.3) is 0 Å². The SMILES string of the molecule is CCCCCCCCC/C=C\CCCCCCCCCC(=O)OC(COC(=O)CCCCCC)COP(=O)(O)OCC[N+](C)(C)C. The largest absolute Gasteiger partial charge is 0.472 e. The number of allylic oxidation sites excluding steroid dienone is 2. The third-order valence-corrected chi connectivity index (χ3v) is 8.78. The molecule has 0 bridgehead atoms. The predicted octanol–water partition coefficient (Wildman–Crippen LogP) is 9.46. The van der Waals surface area contributed by atoms with E-state index < -0.39 is 26.5 Å². The lowest BCUT2D eigenvalue weighted by Crippen LogP contribution is -2.37. The molecule has 10 heteroatoms. The van der Waals surface area contributed by atoms with Gasteiger partial charge >= 0.3 is 19.8 Å². The van der Waals surface area contributed by atoms with Crippen LogP contribution in [0.1, 0.15) is 155 Å². The molecule has 0 aromatic rings. The second kappa shape index (κ2) is 29.9. The Kier molecular flexibility index (Phi) is 29.0. The fraction of sp³-hybridized carbons (Fsp3) is 0.889. The summed E-state index contributed by atoms with van der Waals surface area (Å²) in [5, 5.41) is 0. The molecule has 0 aromatic heterocycles. The van der Waals surface area contributed by atoms with E-state index in [1.165, 1.54) is 70.6 Å². The molecule has 272 valence electrons. The Morgan fingerprint density at radius 1 is 0.652 bits per heavy atom. The molecule has 0 radical (unpaired) electrons. The van der Waals surface area contributed by atoms with Gasteiger partial charge in [-0.3, -0.25) is 18.6 Å². The van der Waals surface area contributed by atoms with Crippen LogP contribution in [0.25, 0.3) is 0 Å². The van der Waals surface area contributed by atoms with Gasteiger partial charge in [0.2, 0.25) is 0 Å². The molecular weight excluding hydrogens is 605 g/mol. The van der Waals surface area contributed by atoms with Crippen LogP contribution in [-0.4, -0.2) is 74.9 Å². The standard InChI is InChI=1S/C36H70NO8P/c1-6-8-10-12-13-14-15-16-17-18-19-20-21-22-23-24-25-27-29-36(39)45-34(32-42-35(38)28-26-11-9-7-2)33-44-46(40,41)43-31-30-37(3,4)5/h17-18,34H,6-16,19-33H2,1-5H3/p+1/b18-17-. The van der Waals surface area contributed by atoms with E-state index >= 15 is 0 Å². The summed E-state index contributed by atoms with van der Waals surface area (Å²) in [6, 6.07) is 0. The Balaban J connectivity index is 4.23. The van der Waals surface area contributed by atoms with Crippen molar-refractivity contribution in [3.05, 3.63) is 12.2 Å². The molecule has 0 amide bonds. The third kappa shape index (κ3) is 32.7. The van der Waals surface area contributed by atoms with Gasteiger partial charge in [-0.15, -0.1) is 0 Å². The van der Waals surface area contributed by atoms with Gasteiger partial charge < -0.3 is 18.9 Å². The van der Waals surface area contributed by atoms with Crippen molar-refractivity contribution in [3.8, 4) is 0 Å². The number of carbonyl (C=O) groups is 2. The number of nitrogens with zero attached hydrogens (tertiary/aromatic N) is 1. The number of likely N-dealkylation sites (N-methyl/N-ethyl adjacent to an activating group) is 1. The van der Waals surface area contributed by atoms with Crippen molar-refractivity contribution in [1.82, 2.24) is 0 Å². The smallest absolute Gasteiger partial charge is 0.462 e. The molecule has 2 unspecified atom stereocenters. The van der Waals surface area contributed by atoms with Gasteiger partial charge in [0.15, 0.2) is 6.10 Å². The van der Waals surface area contributed by atoms with Gasteiger partial charge in [-0.25, -0.2) is 4.57 Å². The third-order valence-electron chi connectivity index (χ3n) is 7.80. The molecule has 2 atom stereocenters. The van der Waals surface area contributed by atoms with E-state index in [9.17, 15) is 19.0 Å². The van der Waals surface area contributed by atoms with Crippen molar-refractivity contribution in [2.24, 2.45) is 0 Å². The zero-order chi connectivity index (χ0) is 34.4. The molecule has 46 heavy (non-hydrogen) atoms. The molecule has 1 N–H and O–H groups in total. The minimum atomic E-state index is -4.35. The normalized spacial score (nSPS) is 14.0. The number of ether oxygens (including phenoxy) is 2. The number of esters is 2. The summed E-state index contributed by atoms with van der Waals surface area (Å²) in [5.74, 6) is -0.822.